The average molecular weight is 222 g/mol. The molecule has 1 fully saturated rings. The van der Waals surface area contributed by atoms with Crippen molar-refractivity contribution in [3.8, 4) is 5.88 Å². The van der Waals surface area contributed by atoms with Gasteiger partial charge in [-0.25, -0.2) is 4.98 Å². The molecule has 0 amide bonds. The van der Waals surface area contributed by atoms with E-state index >= 15 is 0 Å². The van der Waals surface area contributed by atoms with Crippen molar-refractivity contribution in [3.05, 3.63) is 23.9 Å². The Labute approximate surface area is 95.4 Å². The Morgan fingerprint density at radius 2 is 2.31 bits per heavy atom. The number of pyridine rings is 1. The lowest BCUT2D eigenvalue weighted by Crippen LogP contribution is -2.32. The van der Waals surface area contributed by atoms with Gasteiger partial charge < -0.3 is 15.6 Å². The molecule has 3 N–H and O–H groups in total. The molecule has 1 saturated carbocycles. The van der Waals surface area contributed by atoms with Crippen molar-refractivity contribution >= 4 is 0 Å². The van der Waals surface area contributed by atoms with Crippen molar-refractivity contribution < 1.29 is 9.84 Å². The third-order valence-electron chi connectivity index (χ3n) is 3.00. The van der Waals surface area contributed by atoms with E-state index in [-0.39, 0.29) is 12.6 Å². The van der Waals surface area contributed by atoms with E-state index in [0.29, 0.717) is 12.0 Å². The number of aromatic nitrogens is 1. The van der Waals surface area contributed by atoms with E-state index in [9.17, 15) is 0 Å². The first-order chi connectivity index (χ1) is 7.69. The molecule has 1 aliphatic carbocycles. The zero-order valence-electron chi connectivity index (χ0n) is 9.47. The number of aliphatic hydroxyl groups excluding tert-OH is 1. The van der Waals surface area contributed by atoms with Crippen molar-refractivity contribution in [1.82, 2.24) is 4.98 Å². The standard InChI is InChI=1S/C12H18N2O2/c1-8-4-10(5-8)16-12-3-2-9(6-14-12)11(13)7-15/h2-3,6,8,10-11,15H,4-5,7,13H2,1H3/t8?,10?,11-/m0/s1. The largest absolute Gasteiger partial charge is 0.474 e. The molecule has 0 bridgehead atoms. The first kappa shape index (κ1) is 11.4. The highest BCUT2D eigenvalue weighted by Crippen LogP contribution is 2.30. The van der Waals surface area contributed by atoms with Gasteiger partial charge in [0.05, 0.1) is 12.6 Å². The summed E-state index contributed by atoms with van der Waals surface area (Å²) in [5, 5.41) is 8.90. The molecular weight excluding hydrogens is 204 g/mol. The molecule has 1 aromatic heterocycles. The SMILES string of the molecule is CC1CC(Oc2ccc([C@@H](N)CO)cn2)C1. The predicted molar refractivity (Wildman–Crippen MR) is 61.1 cm³/mol. The number of hydrogen-bond donors (Lipinski definition) is 2. The molecule has 0 radical (unpaired) electrons. The van der Waals surface area contributed by atoms with Gasteiger partial charge in [-0.3, -0.25) is 0 Å². The second kappa shape index (κ2) is 4.80. The Morgan fingerprint density at radius 3 is 2.81 bits per heavy atom. The van der Waals surface area contributed by atoms with E-state index in [0.717, 1.165) is 24.3 Å². The average Bonchev–Trinajstić information content (AvgIpc) is 2.27. The highest BCUT2D eigenvalue weighted by molar-refractivity contribution is 5.20. The van der Waals surface area contributed by atoms with Crippen LogP contribution < -0.4 is 10.5 Å². The van der Waals surface area contributed by atoms with Gasteiger partial charge in [-0.15, -0.1) is 0 Å². The number of ether oxygens (including phenoxy) is 1. The van der Waals surface area contributed by atoms with Gasteiger partial charge in [-0.1, -0.05) is 13.0 Å². The Balaban J connectivity index is 1.92. The fraction of sp³-hybridized carbons (Fsp3) is 0.583. The van der Waals surface area contributed by atoms with Crippen molar-refractivity contribution in [2.24, 2.45) is 11.7 Å². The van der Waals surface area contributed by atoms with Gasteiger partial charge in [0.1, 0.15) is 6.10 Å². The minimum atomic E-state index is -0.356. The fourth-order valence-electron chi connectivity index (χ4n) is 1.88. The van der Waals surface area contributed by atoms with Crippen LogP contribution in [-0.4, -0.2) is 22.8 Å². The summed E-state index contributed by atoms with van der Waals surface area (Å²) in [5.74, 6) is 1.41. The molecule has 0 saturated heterocycles. The van der Waals surface area contributed by atoms with Crippen LogP contribution >= 0.6 is 0 Å². The molecule has 1 aliphatic rings. The van der Waals surface area contributed by atoms with E-state index < -0.39 is 0 Å². The van der Waals surface area contributed by atoms with Gasteiger partial charge >= 0.3 is 0 Å². The summed E-state index contributed by atoms with van der Waals surface area (Å²) < 4.78 is 5.67. The molecule has 4 nitrogen and oxygen atoms in total. The highest BCUT2D eigenvalue weighted by Gasteiger charge is 2.27. The fourth-order valence-corrected chi connectivity index (χ4v) is 1.88. The monoisotopic (exact) mass is 222 g/mol. The molecule has 16 heavy (non-hydrogen) atoms. The second-order valence-corrected chi connectivity index (χ2v) is 4.54. The van der Waals surface area contributed by atoms with Gasteiger partial charge in [0.2, 0.25) is 5.88 Å². The third-order valence-corrected chi connectivity index (χ3v) is 3.00. The second-order valence-electron chi connectivity index (χ2n) is 4.54. The summed E-state index contributed by atoms with van der Waals surface area (Å²) in [6.07, 6.45) is 4.21. The van der Waals surface area contributed by atoms with Crippen LogP contribution in [0, 0.1) is 5.92 Å². The van der Waals surface area contributed by atoms with Crippen molar-refractivity contribution in [1.29, 1.82) is 0 Å². The Morgan fingerprint density at radius 1 is 1.56 bits per heavy atom. The maximum absolute atomic E-state index is 8.90. The normalized spacial score (nSPS) is 25.9. The minimum Gasteiger partial charge on any atom is -0.474 e. The van der Waals surface area contributed by atoms with Crippen LogP contribution in [0.2, 0.25) is 0 Å². The molecule has 0 unspecified atom stereocenters. The molecule has 1 atom stereocenters. The topological polar surface area (TPSA) is 68.4 Å². The summed E-state index contributed by atoms with van der Waals surface area (Å²) in [5.41, 5.74) is 6.50. The number of hydrogen-bond acceptors (Lipinski definition) is 4. The molecule has 4 heteroatoms. The Kier molecular flexibility index (Phi) is 3.41. The lowest BCUT2D eigenvalue weighted by molar-refractivity contribution is 0.0695. The van der Waals surface area contributed by atoms with Crippen molar-refractivity contribution in [3.63, 3.8) is 0 Å². The third kappa shape index (κ3) is 2.51. The van der Waals surface area contributed by atoms with Crippen LogP contribution in [0.25, 0.3) is 0 Å². The minimum absolute atomic E-state index is 0.0674. The van der Waals surface area contributed by atoms with Gasteiger partial charge in [0.15, 0.2) is 0 Å². The van der Waals surface area contributed by atoms with Crippen LogP contribution in [0.5, 0.6) is 5.88 Å². The summed E-state index contributed by atoms with van der Waals surface area (Å²) >= 11 is 0. The van der Waals surface area contributed by atoms with Crippen molar-refractivity contribution in [2.75, 3.05) is 6.61 Å². The number of aliphatic hydroxyl groups is 1. The summed E-state index contributed by atoms with van der Waals surface area (Å²) in [6, 6.07) is 3.31. The molecule has 1 heterocycles. The number of nitrogens with two attached hydrogens (primary N) is 1. The van der Waals surface area contributed by atoms with Gasteiger partial charge in [0.25, 0.3) is 0 Å². The summed E-state index contributed by atoms with van der Waals surface area (Å²) in [4.78, 5) is 4.18. The van der Waals surface area contributed by atoms with Crippen LogP contribution in [0.15, 0.2) is 18.3 Å². The predicted octanol–water partition coefficient (Wildman–Crippen LogP) is 1.25. The lowest BCUT2D eigenvalue weighted by atomic mass is 9.84. The molecule has 2 rings (SSSR count). The molecule has 0 aliphatic heterocycles. The molecular formula is C12H18N2O2. The maximum Gasteiger partial charge on any atom is 0.213 e. The molecule has 1 aromatic rings. The maximum atomic E-state index is 8.90. The zero-order chi connectivity index (χ0) is 11.5. The quantitative estimate of drug-likeness (QED) is 0.804. The van der Waals surface area contributed by atoms with E-state index in [4.69, 9.17) is 15.6 Å². The zero-order valence-corrected chi connectivity index (χ0v) is 9.47. The van der Waals surface area contributed by atoms with Gasteiger partial charge in [-0.05, 0) is 24.3 Å². The van der Waals surface area contributed by atoms with E-state index in [1.807, 2.05) is 12.1 Å². The first-order valence-electron chi connectivity index (χ1n) is 5.68. The smallest absolute Gasteiger partial charge is 0.213 e. The van der Waals surface area contributed by atoms with Crippen LogP contribution in [0.3, 0.4) is 0 Å². The van der Waals surface area contributed by atoms with E-state index in [1.54, 1.807) is 6.20 Å². The van der Waals surface area contributed by atoms with E-state index in [1.165, 1.54) is 0 Å². The lowest BCUT2D eigenvalue weighted by Gasteiger charge is -2.32. The van der Waals surface area contributed by atoms with Crippen LogP contribution in [0.1, 0.15) is 31.4 Å². The Hall–Kier alpha value is -1.13. The van der Waals surface area contributed by atoms with Gasteiger partial charge in [0, 0.05) is 12.3 Å². The van der Waals surface area contributed by atoms with Crippen LogP contribution in [-0.2, 0) is 0 Å². The summed E-state index contributed by atoms with van der Waals surface area (Å²) in [6.45, 7) is 2.15. The summed E-state index contributed by atoms with van der Waals surface area (Å²) in [7, 11) is 0. The first-order valence-corrected chi connectivity index (χ1v) is 5.68. The van der Waals surface area contributed by atoms with Gasteiger partial charge in [-0.2, -0.15) is 0 Å². The molecule has 88 valence electrons. The highest BCUT2D eigenvalue weighted by atomic mass is 16.5. The number of rotatable bonds is 4. The molecule has 0 aromatic carbocycles. The number of nitrogens with zero attached hydrogens (tertiary/aromatic N) is 1. The molecule has 0 spiro atoms. The van der Waals surface area contributed by atoms with Crippen LogP contribution in [0.4, 0.5) is 0 Å². The van der Waals surface area contributed by atoms with Crippen molar-refractivity contribution in [2.45, 2.75) is 31.9 Å². The Bertz CT molecular complexity index is 333. The van der Waals surface area contributed by atoms with E-state index in [2.05, 4.69) is 11.9 Å².